The van der Waals surface area contributed by atoms with E-state index in [1.165, 1.54) is 11.3 Å². The van der Waals surface area contributed by atoms with E-state index < -0.39 is 0 Å². The quantitative estimate of drug-likeness (QED) is 0.367. The fourth-order valence-corrected chi connectivity index (χ4v) is 4.93. The highest BCUT2D eigenvalue weighted by Gasteiger charge is 2.19. The second-order valence-electron chi connectivity index (χ2n) is 7.29. The first kappa shape index (κ1) is 20.4. The lowest BCUT2D eigenvalue weighted by atomic mass is 10.1. The molecule has 0 fully saturated rings. The Hall–Kier alpha value is -2.90. The van der Waals surface area contributed by atoms with E-state index in [1.807, 2.05) is 48.5 Å². The van der Waals surface area contributed by atoms with E-state index in [2.05, 4.69) is 24.1 Å². The summed E-state index contributed by atoms with van der Waals surface area (Å²) in [7, 11) is 0. The molecule has 5 nitrogen and oxygen atoms in total. The average Bonchev–Trinajstić information content (AvgIpc) is 3.09. The third-order valence-corrected chi connectivity index (χ3v) is 7.10. The molecule has 1 amide bonds. The number of nitrogens with one attached hydrogen (secondary N) is 1. The van der Waals surface area contributed by atoms with Crippen molar-refractivity contribution in [3.63, 3.8) is 0 Å². The molecule has 0 spiro atoms. The summed E-state index contributed by atoms with van der Waals surface area (Å²) in [6.45, 7) is 4.36. The molecule has 0 radical (unpaired) electrons. The van der Waals surface area contributed by atoms with Crippen molar-refractivity contribution in [1.82, 2.24) is 9.97 Å². The van der Waals surface area contributed by atoms with Gasteiger partial charge in [0.05, 0.1) is 17.1 Å². The number of thiophene rings is 1. The van der Waals surface area contributed by atoms with Gasteiger partial charge in [-0.05, 0) is 42.3 Å². The number of nitrogens with zero attached hydrogens (tertiary/aromatic N) is 2. The van der Waals surface area contributed by atoms with Crippen LogP contribution in [-0.4, -0.2) is 21.6 Å². The number of nitrogen functional groups attached to an aromatic ring is 1. The van der Waals surface area contributed by atoms with Crippen LogP contribution in [0.2, 0.25) is 0 Å². The normalized spacial score (nSPS) is 11.2. The maximum Gasteiger partial charge on any atom is 0.267 e. The van der Waals surface area contributed by atoms with Crippen LogP contribution in [0.25, 0.3) is 21.5 Å². The van der Waals surface area contributed by atoms with Crippen LogP contribution in [-0.2, 0) is 0 Å². The van der Waals surface area contributed by atoms with Crippen molar-refractivity contribution in [3.05, 3.63) is 65.8 Å². The lowest BCUT2D eigenvalue weighted by Gasteiger charge is -2.11. The maximum atomic E-state index is 13.0. The van der Waals surface area contributed by atoms with E-state index in [4.69, 9.17) is 10.7 Å². The van der Waals surface area contributed by atoms with Crippen molar-refractivity contribution in [3.8, 4) is 11.3 Å². The van der Waals surface area contributed by atoms with E-state index in [0.29, 0.717) is 16.5 Å². The van der Waals surface area contributed by atoms with Crippen LogP contribution in [0.1, 0.15) is 23.5 Å². The number of benzene rings is 1. The second kappa shape index (κ2) is 8.85. The van der Waals surface area contributed by atoms with Crippen LogP contribution in [0, 0.1) is 5.92 Å². The average molecular weight is 435 g/mol. The lowest BCUT2D eigenvalue weighted by molar-refractivity contribution is 0.103. The third kappa shape index (κ3) is 4.32. The van der Waals surface area contributed by atoms with Gasteiger partial charge in [-0.25, -0.2) is 4.98 Å². The predicted octanol–water partition coefficient (Wildman–Crippen LogP) is 5.94. The molecule has 0 aliphatic heterocycles. The van der Waals surface area contributed by atoms with Crippen molar-refractivity contribution in [2.75, 3.05) is 16.8 Å². The Bertz CT molecular complexity index is 1190. The number of anilines is 2. The predicted molar refractivity (Wildman–Crippen MR) is 127 cm³/mol. The molecular weight excluding hydrogens is 412 g/mol. The minimum atomic E-state index is -0.210. The number of para-hydroxylation sites is 1. The Morgan fingerprint density at radius 1 is 1.13 bits per heavy atom. The number of fused-ring (bicyclic) bond motifs is 1. The molecule has 0 aliphatic carbocycles. The van der Waals surface area contributed by atoms with Gasteiger partial charge in [0.15, 0.2) is 0 Å². The van der Waals surface area contributed by atoms with Crippen LogP contribution >= 0.6 is 23.1 Å². The molecule has 0 saturated carbocycles. The van der Waals surface area contributed by atoms with Crippen LogP contribution in [0.4, 0.5) is 11.4 Å². The largest absolute Gasteiger partial charge is 0.397 e. The minimum absolute atomic E-state index is 0.210. The SMILES string of the molecule is CC(C)CSc1ccccc1NC(=O)c1sc2nc(-c3ccncc3)ccc2c1N. The zero-order valence-corrected chi connectivity index (χ0v) is 18.4. The van der Waals surface area contributed by atoms with Crippen molar-refractivity contribution in [1.29, 1.82) is 0 Å². The molecule has 4 aromatic rings. The molecule has 3 heterocycles. The first-order valence-corrected chi connectivity index (χ1v) is 11.5. The fourth-order valence-electron chi connectivity index (χ4n) is 2.98. The van der Waals surface area contributed by atoms with Crippen molar-refractivity contribution in [2.45, 2.75) is 18.7 Å². The molecule has 152 valence electrons. The van der Waals surface area contributed by atoms with E-state index >= 15 is 0 Å². The molecule has 0 bridgehead atoms. The second-order valence-corrected chi connectivity index (χ2v) is 9.35. The standard InChI is InChI=1S/C23H22N4OS2/c1-14(2)13-29-19-6-4-3-5-18(19)26-22(28)21-20(24)16-7-8-17(27-23(16)30-21)15-9-11-25-12-10-15/h3-12,14H,13,24H2,1-2H3,(H,26,28). The van der Waals surface area contributed by atoms with Crippen molar-refractivity contribution in [2.24, 2.45) is 5.92 Å². The van der Waals surface area contributed by atoms with E-state index in [9.17, 15) is 4.79 Å². The molecule has 7 heteroatoms. The Morgan fingerprint density at radius 3 is 2.67 bits per heavy atom. The summed E-state index contributed by atoms with van der Waals surface area (Å²) in [5.74, 6) is 1.34. The molecule has 30 heavy (non-hydrogen) atoms. The zero-order chi connectivity index (χ0) is 21.1. The molecule has 0 saturated heterocycles. The molecular formula is C23H22N4OS2. The van der Waals surface area contributed by atoms with Gasteiger partial charge in [-0.3, -0.25) is 9.78 Å². The number of rotatable bonds is 6. The van der Waals surface area contributed by atoms with E-state index in [0.717, 1.165) is 37.8 Å². The summed E-state index contributed by atoms with van der Waals surface area (Å²) in [5, 5.41) is 3.83. The highest BCUT2D eigenvalue weighted by atomic mass is 32.2. The number of amides is 1. The summed E-state index contributed by atoms with van der Waals surface area (Å²) in [6.07, 6.45) is 3.47. The van der Waals surface area contributed by atoms with Crippen molar-refractivity contribution >= 4 is 50.6 Å². The number of hydrogen-bond acceptors (Lipinski definition) is 6. The monoisotopic (exact) mass is 434 g/mol. The maximum absolute atomic E-state index is 13.0. The number of pyridine rings is 2. The highest BCUT2D eigenvalue weighted by molar-refractivity contribution is 7.99. The number of aromatic nitrogens is 2. The number of nitrogens with two attached hydrogens (primary N) is 1. The van der Waals surface area contributed by atoms with Gasteiger partial charge in [-0.1, -0.05) is 26.0 Å². The molecule has 0 aliphatic rings. The topological polar surface area (TPSA) is 80.9 Å². The van der Waals surface area contributed by atoms with E-state index in [1.54, 1.807) is 24.2 Å². The summed E-state index contributed by atoms with van der Waals surface area (Å²) < 4.78 is 0. The van der Waals surface area contributed by atoms with Crippen LogP contribution in [0.15, 0.2) is 65.8 Å². The molecule has 1 aromatic carbocycles. The van der Waals surface area contributed by atoms with Gasteiger partial charge >= 0.3 is 0 Å². The van der Waals surface area contributed by atoms with Gasteiger partial charge < -0.3 is 11.1 Å². The Morgan fingerprint density at radius 2 is 1.90 bits per heavy atom. The number of carbonyl (C=O) groups excluding carboxylic acids is 1. The van der Waals surface area contributed by atoms with Gasteiger partial charge in [0, 0.05) is 34.0 Å². The summed E-state index contributed by atoms with van der Waals surface area (Å²) in [5.41, 5.74) is 9.38. The molecule has 3 N–H and O–H groups in total. The van der Waals surface area contributed by atoms with Crippen LogP contribution < -0.4 is 11.1 Å². The smallest absolute Gasteiger partial charge is 0.267 e. The molecule has 4 rings (SSSR count). The van der Waals surface area contributed by atoms with Gasteiger partial charge in [0.2, 0.25) is 0 Å². The zero-order valence-electron chi connectivity index (χ0n) is 16.8. The third-order valence-electron chi connectivity index (χ3n) is 4.48. The van der Waals surface area contributed by atoms with Crippen LogP contribution in [0.5, 0.6) is 0 Å². The number of thioether (sulfide) groups is 1. The first-order valence-electron chi connectivity index (χ1n) is 9.65. The minimum Gasteiger partial charge on any atom is -0.397 e. The molecule has 0 atom stereocenters. The van der Waals surface area contributed by atoms with E-state index in [-0.39, 0.29) is 5.91 Å². The summed E-state index contributed by atoms with van der Waals surface area (Å²) >= 11 is 3.05. The number of carbonyl (C=O) groups is 1. The first-order chi connectivity index (χ1) is 14.5. The van der Waals surface area contributed by atoms with Crippen molar-refractivity contribution < 1.29 is 4.79 Å². The van der Waals surface area contributed by atoms with Gasteiger partial charge in [0.25, 0.3) is 5.91 Å². The molecule has 0 unspecified atom stereocenters. The van der Waals surface area contributed by atoms with Crippen LogP contribution in [0.3, 0.4) is 0 Å². The van der Waals surface area contributed by atoms with Gasteiger partial charge in [0.1, 0.15) is 9.71 Å². The summed E-state index contributed by atoms with van der Waals surface area (Å²) in [4.78, 5) is 24.1. The Kier molecular flexibility index (Phi) is 6.01. The summed E-state index contributed by atoms with van der Waals surface area (Å²) in [6, 6.07) is 15.5. The van der Waals surface area contributed by atoms with Gasteiger partial charge in [-0.15, -0.1) is 23.1 Å². The lowest BCUT2D eigenvalue weighted by Crippen LogP contribution is -2.12. The Balaban J connectivity index is 1.62. The van der Waals surface area contributed by atoms with Gasteiger partial charge in [-0.2, -0.15) is 0 Å². The highest BCUT2D eigenvalue weighted by Crippen LogP contribution is 2.35. The Labute approximate surface area is 183 Å². The number of hydrogen-bond donors (Lipinski definition) is 2. The fraction of sp³-hybridized carbons (Fsp3) is 0.174. The molecule has 3 aromatic heterocycles.